The maximum atomic E-state index is 14.7. The van der Waals surface area contributed by atoms with E-state index in [1.807, 2.05) is 61.2 Å². The Bertz CT molecular complexity index is 3240. The molecule has 0 radical (unpaired) electrons. The number of aromatic amines is 1. The molecule has 1 aliphatic carbocycles. The molecule has 1 amide bonds. The number of hydrogen-bond acceptors (Lipinski definition) is 17. The van der Waals surface area contributed by atoms with Gasteiger partial charge in [-0.15, -0.1) is 0 Å². The third kappa shape index (κ3) is 10.5. The van der Waals surface area contributed by atoms with Crippen molar-refractivity contribution in [3.05, 3.63) is 100 Å². The van der Waals surface area contributed by atoms with Crippen LogP contribution in [0.15, 0.2) is 83.9 Å². The van der Waals surface area contributed by atoms with Crippen molar-refractivity contribution in [2.45, 2.75) is 106 Å². The molecule has 77 heavy (non-hydrogen) atoms. The van der Waals surface area contributed by atoms with E-state index in [-0.39, 0.29) is 60.2 Å². The van der Waals surface area contributed by atoms with Crippen molar-refractivity contribution in [1.82, 2.24) is 23.9 Å². The number of benzene rings is 3. The normalized spacial score (nSPS) is 23.3. The van der Waals surface area contributed by atoms with Gasteiger partial charge in [0.15, 0.2) is 0 Å². The van der Waals surface area contributed by atoms with E-state index in [0.29, 0.717) is 75.4 Å². The predicted octanol–water partition coefficient (Wildman–Crippen LogP) is 6.74. The Labute approximate surface area is 448 Å². The summed E-state index contributed by atoms with van der Waals surface area (Å²) in [6.45, 7) is 12.4. The molecule has 1 saturated carbocycles. The fourth-order valence-corrected chi connectivity index (χ4v) is 14.4. The van der Waals surface area contributed by atoms with Crippen LogP contribution >= 0.6 is 0 Å². The van der Waals surface area contributed by atoms with Gasteiger partial charge in [-0.1, -0.05) is 18.2 Å². The molecule has 412 valence electrons. The number of sulfonamides is 2. The van der Waals surface area contributed by atoms with Crippen LogP contribution in [0.1, 0.15) is 81.8 Å². The van der Waals surface area contributed by atoms with Gasteiger partial charge >= 0.3 is 0 Å². The van der Waals surface area contributed by atoms with Gasteiger partial charge in [0.1, 0.15) is 28.9 Å². The molecule has 4 saturated heterocycles. The highest BCUT2D eigenvalue weighted by Gasteiger charge is 2.51. The van der Waals surface area contributed by atoms with Gasteiger partial charge in [0.2, 0.25) is 15.9 Å². The van der Waals surface area contributed by atoms with Gasteiger partial charge in [-0.3, -0.25) is 19.8 Å². The van der Waals surface area contributed by atoms with Gasteiger partial charge < -0.3 is 43.8 Å². The third-order valence-electron chi connectivity index (χ3n) is 16.2. The zero-order valence-electron chi connectivity index (χ0n) is 43.8. The summed E-state index contributed by atoms with van der Waals surface area (Å²) in [7, 11) is -8.15. The summed E-state index contributed by atoms with van der Waals surface area (Å²) in [6.07, 6.45) is 5.25. The maximum absolute atomic E-state index is 14.7. The minimum Gasteiger partial charge on any atom is -0.491 e. The molecule has 3 N–H and O–H groups in total. The first-order valence-electron chi connectivity index (χ1n) is 26.7. The number of carbonyl (C=O) groups excluding carboxylic acids is 1. The largest absolute Gasteiger partial charge is 0.491 e. The number of rotatable bonds is 15. The Balaban J connectivity index is 0.866. The lowest BCUT2D eigenvalue weighted by atomic mass is 9.59. The van der Waals surface area contributed by atoms with Crippen molar-refractivity contribution in [3.8, 4) is 11.6 Å². The molecule has 23 heteroatoms. The Kier molecular flexibility index (Phi) is 14.6. The molecule has 5 aliphatic heterocycles. The van der Waals surface area contributed by atoms with Crippen LogP contribution in [0.5, 0.6) is 11.6 Å². The number of ether oxygens (including phenoxy) is 5. The lowest BCUT2D eigenvalue weighted by Crippen LogP contribution is -2.60. The van der Waals surface area contributed by atoms with Crippen molar-refractivity contribution in [1.29, 1.82) is 0 Å². The number of para-hydroxylation sites is 1. The summed E-state index contributed by atoms with van der Waals surface area (Å²) >= 11 is 0. The van der Waals surface area contributed by atoms with Crippen LogP contribution in [0, 0.1) is 15.5 Å². The lowest BCUT2D eigenvalue weighted by Gasteiger charge is -2.58. The molecule has 5 aromatic rings. The summed E-state index contributed by atoms with van der Waals surface area (Å²) < 4.78 is 89.2. The highest BCUT2D eigenvalue weighted by atomic mass is 32.2. The highest BCUT2D eigenvalue weighted by Crippen LogP contribution is 2.54. The minimum absolute atomic E-state index is 0.0495. The van der Waals surface area contributed by atoms with Crippen LogP contribution in [0.25, 0.3) is 11.0 Å². The highest BCUT2D eigenvalue weighted by molar-refractivity contribution is 7.90. The van der Waals surface area contributed by atoms with E-state index in [2.05, 4.69) is 30.9 Å². The smallest absolute Gasteiger partial charge is 0.293 e. The summed E-state index contributed by atoms with van der Waals surface area (Å²) in [5.74, 6) is 0.188. The Morgan fingerprint density at radius 2 is 1.71 bits per heavy atom. The number of nitrogens with one attached hydrogen (secondary N) is 3. The molecule has 7 heterocycles. The fraction of sp³-hybridized carbons (Fsp3) is 0.519. The molecule has 11 rings (SSSR count). The number of piperazine rings is 1. The van der Waals surface area contributed by atoms with Crippen LogP contribution < -0.4 is 29.3 Å². The van der Waals surface area contributed by atoms with Crippen LogP contribution in [0.2, 0.25) is 0 Å². The predicted molar refractivity (Wildman–Crippen MR) is 289 cm³/mol. The number of carbonyl (C=O) groups is 1. The topological polar surface area (TPSA) is 240 Å². The summed E-state index contributed by atoms with van der Waals surface area (Å²) in [5.41, 5.74) is 3.28. The number of aromatic nitrogens is 2. The van der Waals surface area contributed by atoms with Crippen molar-refractivity contribution < 1.29 is 50.2 Å². The zero-order valence-corrected chi connectivity index (χ0v) is 45.4. The number of nitrogens with zero attached hydrogens (tertiary/aromatic N) is 6. The van der Waals surface area contributed by atoms with Crippen LogP contribution in [-0.4, -0.2) is 155 Å². The van der Waals surface area contributed by atoms with Gasteiger partial charge in [-0.2, -0.15) is 9.29 Å². The molecule has 3 aromatic carbocycles. The van der Waals surface area contributed by atoms with Crippen LogP contribution in [0.3, 0.4) is 0 Å². The van der Waals surface area contributed by atoms with Gasteiger partial charge in [-0.05, 0) is 114 Å². The molecule has 1 spiro atoms. The zero-order chi connectivity index (χ0) is 53.8. The molecule has 0 bridgehead atoms. The SMILES string of the molecule is CC(C)Oc1ccccc1[C@@H]1CN(S(=O)(=O)C(C)C)CCN1C1CC2(CCN(c3ccc(C(=O)NS(=O)(=O)c4ccc(NC[C@H]5COCCO5)c([N+](=O)[O-])c4)c(N4c5cc6cc[nH]c6nc5O[C@H]5COCC[C@@H]54)c3)CC2)C1. The van der Waals surface area contributed by atoms with E-state index >= 15 is 0 Å². The number of nitro benzene ring substituents is 1. The summed E-state index contributed by atoms with van der Waals surface area (Å²) in [6, 6.07) is 20.5. The molecule has 2 aromatic heterocycles. The van der Waals surface area contributed by atoms with Gasteiger partial charge in [0.25, 0.3) is 21.6 Å². The second-order valence-corrected chi connectivity index (χ2v) is 25.8. The van der Waals surface area contributed by atoms with Crippen LogP contribution in [-0.2, 0) is 34.3 Å². The standard InChI is InChI=1S/C54H67N9O12S2/c1-34(2)74-49-8-6-5-7-41(49)48-31-60(77(69,70)35(3)4)20-21-61(48)38-28-54(29-38)15-18-59(19-16-54)37-9-11-42(45(26-37)62-44-14-22-71-33-50(44)75-53-47(62)25-36-13-17-55-51(36)57-53)52(64)58-76(67,68)40-10-12-43(46(27-40)63(65)66)56-30-39-32-72-23-24-73-39/h5-13,17,25-27,34-35,38-39,44,48,50,56H,14-16,18-24,28-33H2,1-4H3,(H,55,57)(H,58,64)/t39-,44-,48-,50-/m0/s1. The lowest BCUT2D eigenvalue weighted by molar-refractivity contribution is -0.384. The first kappa shape index (κ1) is 52.9. The average molecular weight is 1100 g/mol. The summed E-state index contributed by atoms with van der Waals surface area (Å²) in [4.78, 5) is 40.8. The molecule has 4 atom stereocenters. The molecule has 6 aliphatic rings. The van der Waals surface area contributed by atoms with E-state index in [0.717, 1.165) is 67.2 Å². The molecular weight excluding hydrogens is 1030 g/mol. The molecule has 21 nitrogen and oxygen atoms in total. The second-order valence-electron chi connectivity index (χ2n) is 21.7. The number of fused-ring (bicyclic) bond motifs is 3. The first-order chi connectivity index (χ1) is 37.0. The van der Waals surface area contributed by atoms with Gasteiger partial charge in [0.05, 0.1) is 77.0 Å². The maximum Gasteiger partial charge on any atom is 0.293 e. The van der Waals surface area contributed by atoms with E-state index < -0.39 is 52.8 Å². The van der Waals surface area contributed by atoms with E-state index in [9.17, 15) is 31.7 Å². The fourth-order valence-electron chi connectivity index (χ4n) is 12.1. The number of nitro groups is 1. The monoisotopic (exact) mass is 1100 g/mol. The van der Waals surface area contributed by atoms with Crippen molar-refractivity contribution in [3.63, 3.8) is 0 Å². The molecule has 5 fully saturated rings. The Morgan fingerprint density at radius 3 is 2.47 bits per heavy atom. The number of piperidine rings is 1. The number of hydrogen-bond donors (Lipinski definition) is 3. The number of amides is 1. The average Bonchev–Trinajstić information content (AvgIpc) is 4.00. The number of H-pyrrole nitrogens is 1. The number of anilines is 4. The van der Waals surface area contributed by atoms with Gasteiger partial charge in [-0.25, -0.2) is 21.6 Å². The molecular formula is C54H67N9O12S2. The van der Waals surface area contributed by atoms with Crippen molar-refractivity contribution >= 4 is 65.4 Å². The van der Waals surface area contributed by atoms with E-state index in [1.165, 1.54) is 12.1 Å². The van der Waals surface area contributed by atoms with E-state index in [4.69, 9.17) is 28.7 Å². The third-order valence-corrected chi connectivity index (χ3v) is 19.7. The quantitative estimate of drug-likeness (QED) is 0.0726. The minimum atomic E-state index is -4.67. The van der Waals surface area contributed by atoms with E-state index in [1.54, 1.807) is 30.4 Å². The second kappa shape index (κ2) is 21.3. The number of pyridine rings is 1. The van der Waals surface area contributed by atoms with Crippen molar-refractivity contribution in [2.24, 2.45) is 5.41 Å². The Hall–Kier alpha value is -6.08. The Morgan fingerprint density at radius 1 is 0.922 bits per heavy atom. The van der Waals surface area contributed by atoms with Gasteiger partial charge in [0, 0.05) is 80.8 Å². The summed E-state index contributed by atoms with van der Waals surface area (Å²) in [5, 5.41) is 15.6. The molecule has 0 unspecified atom stereocenters. The van der Waals surface area contributed by atoms with Crippen molar-refractivity contribution in [2.75, 3.05) is 87.4 Å². The first-order valence-corrected chi connectivity index (χ1v) is 29.7. The van der Waals surface area contributed by atoms with Crippen LogP contribution in [0.4, 0.5) is 28.4 Å².